The molecule has 0 radical (unpaired) electrons. The van der Waals surface area contributed by atoms with Crippen molar-refractivity contribution in [2.45, 2.75) is 65.2 Å². The number of fused-ring (bicyclic) bond motifs is 5. The fourth-order valence-corrected chi connectivity index (χ4v) is 6.07. The summed E-state index contributed by atoms with van der Waals surface area (Å²) in [5, 5.41) is 0. The molecule has 0 aromatic carbocycles. The second-order valence-electron chi connectivity index (χ2n) is 8.27. The Hall–Kier alpha value is -0.780. The Kier molecular flexibility index (Phi) is 2.66. The monoisotopic (exact) mass is 268 g/mol. The van der Waals surface area contributed by atoms with Gasteiger partial charge in [-0.3, -0.25) is 0 Å². The molecule has 0 saturated heterocycles. The highest BCUT2D eigenvalue weighted by atomic mass is 14.6. The molecule has 2 saturated carbocycles. The molecule has 4 rings (SSSR count). The molecule has 4 aliphatic carbocycles. The average molecular weight is 268 g/mol. The SMILES string of the molecule is C=C1C[C@@H]2C(=CC[C@]3(C)CCC[C@@H]23)[C@@]2(C)CCCC=C12. The zero-order valence-electron chi connectivity index (χ0n) is 13.2. The number of hydrogen-bond acceptors (Lipinski definition) is 0. The van der Waals surface area contributed by atoms with Gasteiger partial charge < -0.3 is 0 Å². The van der Waals surface area contributed by atoms with Gasteiger partial charge in [0.1, 0.15) is 0 Å². The molecule has 0 heteroatoms. The molecule has 4 aliphatic rings. The molecule has 0 amide bonds. The second kappa shape index (κ2) is 4.12. The van der Waals surface area contributed by atoms with Crippen molar-refractivity contribution in [3.05, 3.63) is 35.5 Å². The Morgan fingerprint density at radius 2 is 2.00 bits per heavy atom. The largest absolute Gasteiger partial charge is 0.0955 e. The van der Waals surface area contributed by atoms with Gasteiger partial charge in [0, 0.05) is 5.41 Å². The highest BCUT2D eigenvalue weighted by molar-refractivity contribution is 5.49. The summed E-state index contributed by atoms with van der Waals surface area (Å²) in [6.07, 6.45) is 16.1. The third kappa shape index (κ3) is 1.54. The molecule has 20 heavy (non-hydrogen) atoms. The Morgan fingerprint density at radius 1 is 1.15 bits per heavy atom. The van der Waals surface area contributed by atoms with Crippen molar-refractivity contribution in [1.29, 1.82) is 0 Å². The van der Waals surface area contributed by atoms with E-state index < -0.39 is 0 Å². The van der Waals surface area contributed by atoms with Crippen LogP contribution in [0.3, 0.4) is 0 Å². The van der Waals surface area contributed by atoms with E-state index >= 15 is 0 Å². The molecular formula is C20H28. The van der Waals surface area contributed by atoms with Gasteiger partial charge in [-0.1, -0.05) is 50.1 Å². The summed E-state index contributed by atoms with van der Waals surface area (Å²) in [4.78, 5) is 0. The van der Waals surface area contributed by atoms with Gasteiger partial charge in [-0.25, -0.2) is 0 Å². The summed E-state index contributed by atoms with van der Waals surface area (Å²) in [6, 6.07) is 0. The minimum Gasteiger partial charge on any atom is -0.0955 e. The molecule has 0 bridgehead atoms. The smallest absolute Gasteiger partial charge is 0.0136 e. The van der Waals surface area contributed by atoms with Crippen LogP contribution in [0.2, 0.25) is 0 Å². The Morgan fingerprint density at radius 3 is 2.85 bits per heavy atom. The van der Waals surface area contributed by atoms with Crippen molar-refractivity contribution in [3.63, 3.8) is 0 Å². The maximum Gasteiger partial charge on any atom is 0.0136 e. The van der Waals surface area contributed by atoms with E-state index in [2.05, 4.69) is 32.6 Å². The van der Waals surface area contributed by atoms with Crippen LogP contribution in [0, 0.1) is 22.7 Å². The van der Waals surface area contributed by atoms with Crippen LogP contribution in [0.5, 0.6) is 0 Å². The first-order chi connectivity index (χ1) is 9.55. The fraction of sp³-hybridized carbons (Fsp3) is 0.700. The molecule has 0 aromatic heterocycles. The van der Waals surface area contributed by atoms with Crippen LogP contribution in [-0.4, -0.2) is 0 Å². The standard InChI is InChI=1S/C20H28/c1-14-13-15-17-8-6-10-19(17,2)12-9-18(15)20(3)11-5-4-7-16(14)20/h7,9,15,17H,1,4-6,8,10-13H2,2-3H3/t15-,17-,19-,20-/m0/s1. The van der Waals surface area contributed by atoms with Gasteiger partial charge in [-0.05, 0) is 67.8 Å². The fourth-order valence-electron chi connectivity index (χ4n) is 6.07. The quantitative estimate of drug-likeness (QED) is 0.486. The van der Waals surface area contributed by atoms with Crippen molar-refractivity contribution >= 4 is 0 Å². The highest BCUT2D eigenvalue weighted by Gasteiger charge is 2.52. The number of hydrogen-bond donors (Lipinski definition) is 0. The summed E-state index contributed by atoms with van der Waals surface area (Å²) < 4.78 is 0. The summed E-state index contributed by atoms with van der Waals surface area (Å²) in [6.45, 7) is 9.54. The van der Waals surface area contributed by atoms with Crippen LogP contribution < -0.4 is 0 Å². The lowest BCUT2D eigenvalue weighted by Gasteiger charge is -2.53. The predicted molar refractivity (Wildman–Crippen MR) is 85.4 cm³/mol. The number of rotatable bonds is 0. The van der Waals surface area contributed by atoms with Gasteiger partial charge in [-0.2, -0.15) is 0 Å². The van der Waals surface area contributed by atoms with Gasteiger partial charge in [0.25, 0.3) is 0 Å². The van der Waals surface area contributed by atoms with E-state index in [1.807, 2.05) is 0 Å². The van der Waals surface area contributed by atoms with Crippen molar-refractivity contribution in [1.82, 2.24) is 0 Å². The van der Waals surface area contributed by atoms with Gasteiger partial charge in [0.15, 0.2) is 0 Å². The lowest BCUT2D eigenvalue weighted by atomic mass is 9.51. The predicted octanol–water partition coefficient (Wildman–Crippen LogP) is 5.82. The first kappa shape index (κ1) is 12.9. The minimum absolute atomic E-state index is 0.335. The highest BCUT2D eigenvalue weighted by Crippen LogP contribution is 2.63. The molecule has 108 valence electrons. The zero-order chi connectivity index (χ0) is 14.0. The normalized spacial score (nSPS) is 47.0. The van der Waals surface area contributed by atoms with E-state index in [9.17, 15) is 0 Å². The van der Waals surface area contributed by atoms with E-state index in [1.54, 1.807) is 11.1 Å². The first-order valence-electron chi connectivity index (χ1n) is 8.64. The van der Waals surface area contributed by atoms with Gasteiger partial charge in [0.05, 0.1) is 0 Å². The molecule has 0 aliphatic heterocycles. The molecule has 0 aromatic rings. The summed E-state index contributed by atoms with van der Waals surface area (Å²) in [5.41, 5.74) is 5.81. The van der Waals surface area contributed by atoms with Crippen molar-refractivity contribution in [2.75, 3.05) is 0 Å². The molecule has 0 spiro atoms. The zero-order valence-corrected chi connectivity index (χ0v) is 13.2. The van der Waals surface area contributed by atoms with Gasteiger partial charge >= 0.3 is 0 Å². The third-order valence-corrected chi connectivity index (χ3v) is 7.14. The Balaban J connectivity index is 1.82. The minimum atomic E-state index is 0.335. The first-order valence-corrected chi connectivity index (χ1v) is 8.64. The van der Waals surface area contributed by atoms with E-state index in [0.717, 1.165) is 11.8 Å². The van der Waals surface area contributed by atoms with E-state index in [1.165, 1.54) is 56.9 Å². The van der Waals surface area contributed by atoms with Crippen molar-refractivity contribution in [3.8, 4) is 0 Å². The summed E-state index contributed by atoms with van der Waals surface area (Å²) in [5.74, 6) is 1.74. The van der Waals surface area contributed by atoms with Crippen LogP contribution in [-0.2, 0) is 0 Å². The molecule has 0 N–H and O–H groups in total. The van der Waals surface area contributed by atoms with Crippen LogP contribution in [0.4, 0.5) is 0 Å². The topological polar surface area (TPSA) is 0 Å². The summed E-state index contributed by atoms with van der Waals surface area (Å²) in [7, 11) is 0. The molecule has 4 atom stereocenters. The Bertz CT molecular complexity index is 520. The molecule has 0 nitrogen and oxygen atoms in total. The maximum absolute atomic E-state index is 4.48. The third-order valence-electron chi connectivity index (χ3n) is 7.14. The lowest BCUT2D eigenvalue weighted by molar-refractivity contribution is 0.132. The maximum atomic E-state index is 4.48. The summed E-state index contributed by atoms with van der Waals surface area (Å²) >= 11 is 0. The molecule has 0 unspecified atom stereocenters. The van der Waals surface area contributed by atoms with E-state index in [-0.39, 0.29) is 0 Å². The lowest BCUT2D eigenvalue weighted by Crippen LogP contribution is -2.42. The Labute approximate surface area is 124 Å². The van der Waals surface area contributed by atoms with Crippen molar-refractivity contribution < 1.29 is 0 Å². The van der Waals surface area contributed by atoms with E-state index in [0.29, 0.717) is 10.8 Å². The molecular weight excluding hydrogens is 240 g/mol. The molecule has 0 heterocycles. The van der Waals surface area contributed by atoms with Gasteiger partial charge in [-0.15, -0.1) is 0 Å². The second-order valence-corrected chi connectivity index (χ2v) is 8.27. The number of allylic oxidation sites excluding steroid dienone is 5. The van der Waals surface area contributed by atoms with Crippen molar-refractivity contribution in [2.24, 2.45) is 22.7 Å². The average Bonchev–Trinajstić information content (AvgIpc) is 2.81. The van der Waals surface area contributed by atoms with Crippen LogP contribution in [0.1, 0.15) is 65.2 Å². The van der Waals surface area contributed by atoms with Crippen LogP contribution in [0.15, 0.2) is 35.5 Å². The van der Waals surface area contributed by atoms with Crippen LogP contribution >= 0.6 is 0 Å². The van der Waals surface area contributed by atoms with Gasteiger partial charge in [0.2, 0.25) is 0 Å². The van der Waals surface area contributed by atoms with Crippen LogP contribution in [0.25, 0.3) is 0 Å². The van der Waals surface area contributed by atoms with E-state index in [4.69, 9.17) is 0 Å². The molecule has 2 fully saturated rings.